The number of carboxylic acid groups (broad SMARTS) is 1. The van der Waals surface area contributed by atoms with Crippen LogP contribution in [0.1, 0.15) is 18.1 Å². The van der Waals surface area contributed by atoms with Crippen LogP contribution in [0.15, 0.2) is 30.0 Å². The molecule has 0 unspecified atom stereocenters. The lowest BCUT2D eigenvalue weighted by Gasteiger charge is -2.04. The number of hydrogen-bond acceptors (Lipinski definition) is 2. The largest absolute Gasteiger partial charge is 0.478 e. The molecule has 80 valence electrons. The van der Waals surface area contributed by atoms with Crippen LogP contribution in [-0.2, 0) is 4.79 Å². The molecule has 0 saturated heterocycles. The summed E-state index contributed by atoms with van der Waals surface area (Å²) in [7, 11) is 0. The topological polar surface area (TPSA) is 46.5 Å². The molecule has 0 radical (unpaired) electrons. The van der Waals surface area contributed by atoms with E-state index in [9.17, 15) is 4.79 Å². The van der Waals surface area contributed by atoms with Crippen LogP contribution >= 0.6 is 0 Å². The second-order valence-electron chi connectivity index (χ2n) is 3.47. The van der Waals surface area contributed by atoms with E-state index in [1.165, 1.54) is 18.7 Å². The van der Waals surface area contributed by atoms with Gasteiger partial charge in [0, 0.05) is 0 Å². The maximum absolute atomic E-state index is 10.5. The zero-order valence-corrected chi connectivity index (χ0v) is 9.07. The third-order valence-corrected chi connectivity index (χ3v) is 2.19. The molecule has 0 aliphatic heterocycles. The monoisotopic (exact) mass is 206 g/mol. The molecule has 1 rings (SSSR count). The van der Waals surface area contributed by atoms with E-state index >= 15 is 0 Å². The van der Waals surface area contributed by atoms with Crippen molar-refractivity contribution in [2.75, 3.05) is 0 Å². The Hall–Kier alpha value is -1.77. The van der Waals surface area contributed by atoms with E-state index in [-0.39, 0.29) is 5.57 Å². The molecule has 0 atom stereocenters. The van der Waals surface area contributed by atoms with Crippen molar-refractivity contribution >= 4 is 5.97 Å². The summed E-state index contributed by atoms with van der Waals surface area (Å²) in [4.78, 5) is 10.5. The van der Waals surface area contributed by atoms with Crippen LogP contribution in [-0.4, -0.2) is 11.1 Å². The summed E-state index contributed by atoms with van der Waals surface area (Å²) in [5, 5.41) is 8.61. The van der Waals surface area contributed by atoms with Crippen LogP contribution in [0.5, 0.6) is 5.75 Å². The number of carboxylic acids is 1. The summed E-state index contributed by atoms with van der Waals surface area (Å²) in [5.74, 6) is -0.322. The predicted octanol–water partition coefficient (Wildman–Crippen LogP) is 2.67. The first kappa shape index (κ1) is 11.3. The fourth-order valence-corrected chi connectivity index (χ4v) is 0.994. The predicted molar refractivity (Wildman–Crippen MR) is 57.9 cm³/mol. The lowest BCUT2D eigenvalue weighted by Crippen LogP contribution is -1.98. The first-order chi connectivity index (χ1) is 7.00. The van der Waals surface area contributed by atoms with Crippen molar-refractivity contribution in [2.45, 2.75) is 20.8 Å². The molecule has 0 heterocycles. The smallest absolute Gasteiger partial charge is 0.334 e. The van der Waals surface area contributed by atoms with Crippen molar-refractivity contribution in [1.29, 1.82) is 0 Å². The van der Waals surface area contributed by atoms with Crippen LogP contribution in [0, 0.1) is 13.8 Å². The Morgan fingerprint density at radius 3 is 2.53 bits per heavy atom. The third kappa shape index (κ3) is 3.13. The van der Waals surface area contributed by atoms with Gasteiger partial charge in [0.1, 0.15) is 12.0 Å². The number of aliphatic carboxylic acids is 1. The summed E-state index contributed by atoms with van der Waals surface area (Å²) in [6.07, 6.45) is 1.24. The van der Waals surface area contributed by atoms with Gasteiger partial charge in [-0.15, -0.1) is 0 Å². The number of aryl methyl sites for hydroxylation is 2. The van der Waals surface area contributed by atoms with E-state index in [1.807, 2.05) is 32.0 Å². The van der Waals surface area contributed by atoms with Gasteiger partial charge in [-0.2, -0.15) is 0 Å². The minimum atomic E-state index is -0.973. The van der Waals surface area contributed by atoms with Gasteiger partial charge in [0.25, 0.3) is 0 Å². The van der Waals surface area contributed by atoms with Gasteiger partial charge in [0.15, 0.2) is 0 Å². The van der Waals surface area contributed by atoms with Crippen molar-refractivity contribution in [1.82, 2.24) is 0 Å². The van der Waals surface area contributed by atoms with Crippen molar-refractivity contribution in [3.63, 3.8) is 0 Å². The second kappa shape index (κ2) is 4.64. The molecular formula is C12H14O3. The van der Waals surface area contributed by atoms with Crippen LogP contribution in [0.25, 0.3) is 0 Å². The van der Waals surface area contributed by atoms with Crippen LogP contribution in [0.4, 0.5) is 0 Å². The van der Waals surface area contributed by atoms with Crippen LogP contribution in [0.3, 0.4) is 0 Å². The molecule has 0 saturated carbocycles. The maximum atomic E-state index is 10.5. The number of carbonyl (C=O) groups is 1. The van der Waals surface area contributed by atoms with Gasteiger partial charge < -0.3 is 9.84 Å². The van der Waals surface area contributed by atoms with Gasteiger partial charge in [-0.05, 0) is 44.0 Å². The van der Waals surface area contributed by atoms with Crippen molar-refractivity contribution in [3.8, 4) is 5.75 Å². The Labute approximate surface area is 89.0 Å². The zero-order chi connectivity index (χ0) is 11.4. The summed E-state index contributed by atoms with van der Waals surface area (Å²) in [6, 6.07) is 5.63. The number of ether oxygens (including phenoxy) is 1. The molecule has 0 bridgehead atoms. The van der Waals surface area contributed by atoms with Gasteiger partial charge in [0.05, 0.1) is 5.57 Å². The molecule has 0 amide bonds. The van der Waals surface area contributed by atoms with Gasteiger partial charge in [0.2, 0.25) is 0 Å². The zero-order valence-electron chi connectivity index (χ0n) is 9.07. The molecule has 1 aromatic rings. The summed E-state index contributed by atoms with van der Waals surface area (Å²) in [5.41, 5.74) is 2.48. The Morgan fingerprint density at radius 1 is 1.33 bits per heavy atom. The summed E-state index contributed by atoms with van der Waals surface area (Å²) >= 11 is 0. The highest BCUT2D eigenvalue weighted by Crippen LogP contribution is 2.16. The minimum Gasteiger partial charge on any atom is -0.478 e. The lowest BCUT2D eigenvalue weighted by molar-refractivity contribution is -0.132. The standard InChI is InChI=1S/C12H14O3/c1-8-4-5-11(6-9(8)2)15-7-10(3)12(13)14/h4-7H,1-3H3,(H,13,14)/b10-7+. The minimum absolute atomic E-state index is 0.174. The third-order valence-electron chi connectivity index (χ3n) is 2.19. The maximum Gasteiger partial charge on any atom is 0.334 e. The van der Waals surface area contributed by atoms with Crippen molar-refractivity contribution in [2.24, 2.45) is 0 Å². The Morgan fingerprint density at radius 2 is 2.00 bits per heavy atom. The van der Waals surface area contributed by atoms with Crippen LogP contribution in [0.2, 0.25) is 0 Å². The number of benzene rings is 1. The molecule has 0 aliphatic rings. The highest BCUT2D eigenvalue weighted by atomic mass is 16.5. The quantitative estimate of drug-likeness (QED) is 0.611. The fourth-order valence-electron chi connectivity index (χ4n) is 0.994. The van der Waals surface area contributed by atoms with Gasteiger partial charge in [-0.25, -0.2) is 4.79 Å². The van der Waals surface area contributed by atoms with E-state index < -0.39 is 5.97 Å². The van der Waals surface area contributed by atoms with Crippen molar-refractivity contribution in [3.05, 3.63) is 41.2 Å². The van der Waals surface area contributed by atoms with E-state index in [4.69, 9.17) is 9.84 Å². The highest BCUT2D eigenvalue weighted by Gasteiger charge is 2.00. The number of hydrogen-bond donors (Lipinski definition) is 1. The molecular weight excluding hydrogens is 192 g/mol. The molecule has 3 nitrogen and oxygen atoms in total. The van der Waals surface area contributed by atoms with Gasteiger partial charge >= 0.3 is 5.97 Å². The normalized spacial score (nSPS) is 11.3. The summed E-state index contributed by atoms with van der Waals surface area (Å²) < 4.78 is 5.22. The average Bonchev–Trinajstić information content (AvgIpc) is 2.19. The Bertz CT molecular complexity index is 405. The SMILES string of the molecule is C/C(=C\Oc1ccc(C)c(C)c1)C(=O)O. The highest BCUT2D eigenvalue weighted by molar-refractivity contribution is 5.85. The summed E-state index contributed by atoms with van der Waals surface area (Å²) in [6.45, 7) is 5.48. The molecule has 0 aromatic heterocycles. The fraction of sp³-hybridized carbons (Fsp3) is 0.250. The van der Waals surface area contributed by atoms with E-state index in [1.54, 1.807) is 0 Å². The first-order valence-electron chi connectivity index (χ1n) is 4.64. The Kier molecular flexibility index (Phi) is 3.50. The van der Waals surface area contributed by atoms with E-state index in [0.29, 0.717) is 5.75 Å². The van der Waals surface area contributed by atoms with Gasteiger partial charge in [-0.3, -0.25) is 0 Å². The van der Waals surface area contributed by atoms with E-state index in [0.717, 1.165) is 5.56 Å². The molecule has 3 heteroatoms. The second-order valence-corrected chi connectivity index (χ2v) is 3.47. The first-order valence-corrected chi connectivity index (χ1v) is 4.64. The molecule has 0 spiro atoms. The van der Waals surface area contributed by atoms with E-state index in [2.05, 4.69) is 0 Å². The lowest BCUT2D eigenvalue weighted by atomic mass is 10.1. The molecule has 1 N–H and O–H groups in total. The molecule has 0 aliphatic carbocycles. The van der Waals surface area contributed by atoms with Crippen molar-refractivity contribution < 1.29 is 14.6 Å². The Balaban J connectivity index is 2.78. The average molecular weight is 206 g/mol. The molecule has 1 aromatic carbocycles. The van der Waals surface area contributed by atoms with Crippen LogP contribution < -0.4 is 4.74 Å². The molecule has 0 fully saturated rings. The van der Waals surface area contributed by atoms with Gasteiger partial charge in [-0.1, -0.05) is 6.07 Å². The number of rotatable bonds is 3. The molecule has 15 heavy (non-hydrogen) atoms.